The molecule has 0 radical (unpaired) electrons. The number of hydrogen-bond donors (Lipinski definition) is 1. The Morgan fingerprint density at radius 2 is 1.58 bits per heavy atom. The molecule has 1 aliphatic rings. The first-order valence-electron chi connectivity index (χ1n) is 12.5. The summed E-state index contributed by atoms with van der Waals surface area (Å²) >= 11 is 0. The summed E-state index contributed by atoms with van der Waals surface area (Å²) in [6, 6.07) is 0. The molecule has 1 atom stereocenters. The van der Waals surface area contributed by atoms with Crippen molar-refractivity contribution in [3.05, 3.63) is 11.1 Å². The highest BCUT2D eigenvalue weighted by Crippen LogP contribution is 2.36. The Bertz CT molecular complexity index is 585. The number of aliphatic hydroxyl groups excluding tert-OH is 1. The molecule has 1 saturated heterocycles. The van der Waals surface area contributed by atoms with Crippen LogP contribution >= 0.6 is 0 Å². The van der Waals surface area contributed by atoms with E-state index in [4.69, 9.17) is 9.47 Å². The van der Waals surface area contributed by atoms with Gasteiger partial charge < -0.3 is 14.6 Å². The molecule has 0 bridgehead atoms. The molecule has 1 unspecified atom stereocenters. The lowest BCUT2D eigenvalue weighted by atomic mass is 9.86. The van der Waals surface area contributed by atoms with Crippen molar-refractivity contribution in [3.63, 3.8) is 0 Å². The van der Waals surface area contributed by atoms with Crippen molar-refractivity contribution >= 4 is 11.9 Å². The van der Waals surface area contributed by atoms with Gasteiger partial charge in [-0.2, -0.15) is 0 Å². The molecular formula is C26H46O5. The molecule has 1 fully saturated rings. The Morgan fingerprint density at radius 3 is 2.13 bits per heavy atom. The maximum Gasteiger partial charge on any atom is 0.334 e. The van der Waals surface area contributed by atoms with Gasteiger partial charge in [0.1, 0.15) is 6.61 Å². The third-order valence-corrected chi connectivity index (χ3v) is 6.30. The second-order valence-electron chi connectivity index (χ2n) is 9.82. The minimum atomic E-state index is -1.15. The van der Waals surface area contributed by atoms with Gasteiger partial charge in [0.05, 0.1) is 12.0 Å². The van der Waals surface area contributed by atoms with E-state index in [0.29, 0.717) is 12.0 Å². The fourth-order valence-electron chi connectivity index (χ4n) is 4.22. The van der Waals surface area contributed by atoms with E-state index in [9.17, 15) is 14.7 Å². The average molecular weight is 439 g/mol. The summed E-state index contributed by atoms with van der Waals surface area (Å²) in [4.78, 5) is 25.2. The molecule has 5 nitrogen and oxygen atoms in total. The minimum Gasteiger partial charge on any atom is -0.461 e. The molecule has 0 aliphatic carbocycles. The van der Waals surface area contributed by atoms with Crippen LogP contribution in [0, 0.1) is 5.41 Å². The summed E-state index contributed by atoms with van der Waals surface area (Å²) in [5.41, 5.74) is 0.0354. The lowest BCUT2D eigenvalue weighted by molar-refractivity contribution is -0.172. The van der Waals surface area contributed by atoms with Crippen molar-refractivity contribution in [1.82, 2.24) is 0 Å². The fraction of sp³-hybridized carbons (Fsp3) is 0.846. The third-order valence-electron chi connectivity index (χ3n) is 6.30. The van der Waals surface area contributed by atoms with Gasteiger partial charge >= 0.3 is 11.9 Å². The molecule has 1 aliphatic heterocycles. The Labute approximate surface area is 190 Å². The predicted octanol–water partition coefficient (Wildman–Crippen LogP) is 6.27. The second kappa shape index (κ2) is 13.9. The molecule has 1 rings (SSSR count). The van der Waals surface area contributed by atoms with Crippen LogP contribution in [0.2, 0.25) is 0 Å². The van der Waals surface area contributed by atoms with Crippen LogP contribution in [0.3, 0.4) is 0 Å². The smallest absolute Gasteiger partial charge is 0.334 e. The maximum atomic E-state index is 12.7. The lowest BCUT2D eigenvalue weighted by Crippen LogP contribution is -2.41. The van der Waals surface area contributed by atoms with Gasteiger partial charge in [0, 0.05) is 12.0 Å². The SMILES string of the molecule is CCCCCCCCCC(C)(C)C(=O)OCC1(CO)CC(=C(CCC)CCC)C(=O)O1. The molecule has 0 amide bonds. The van der Waals surface area contributed by atoms with E-state index in [1.807, 2.05) is 13.8 Å². The summed E-state index contributed by atoms with van der Waals surface area (Å²) in [5.74, 6) is -0.661. The number of unbranched alkanes of at least 4 members (excludes halogenated alkanes) is 6. The zero-order chi connectivity index (χ0) is 23.3. The molecule has 0 spiro atoms. The van der Waals surface area contributed by atoms with Gasteiger partial charge in [-0.3, -0.25) is 4.79 Å². The van der Waals surface area contributed by atoms with Gasteiger partial charge in [-0.15, -0.1) is 0 Å². The maximum absolute atomic E-state index is 12.7. The molecule has 5 heteroatoms. The Balaban J connectivity index is 2.61. The highest BCUT2D eigenvalue weighted by atomic mass is 16.6. The number of carbonyl (C=O) groups excluding carboxylic acids is 2. The standard InChI is InChI=1S/C26H46O5/c1-6-9-10-11-12-13-14-17-25(4,5)24(29)30-20-26(19-27)18-22(23(28)31-26)21(15-7-2)16-8-3/h27H,6-20H2,1-5H3. The number of cyclic esters (lactones) is 1. The van der Waals surface area contributed by atoms with Gasteiger partial charge in [-0.25, -0.2) is 4.79 Å². The largest absolute Gasteiger partial charge is 0.461 e. The van der Waals surface area contributed by atoms with Crippen molar-refractivity contribution in [2.45, 2.75) is 124 Å². The zero-order valence-electron chi connectivity index (χ0n) is 20.7. The Kier molecular flexibility index (Phi) is 12.4. The van der Waals surface area contributed by atoms with E-state index < -0.39 is 11.0 Å². The Morgan fingerprint density at radius 1 is 1.00 bits per heavy atom. The highest BCUT2D eigenvalue weighted by molar-refractivity contribution is 5.92. The second-order valence-corrected chi connectivity index (χ2v) is 9.82. The number of allylic oxidation sites excluding steroid dienone is 1. The van der Waals surface area contributed by atoms with Gasteiger partial charge in [-0.05, 0) is 33.1 Å². The molecule has 0 saturated carbocycles. The van der Waals surface area contributed by atoms with Gasteiger partial charge in [-0.1, -0.05) is 84.1 Å². The monoisotopic (exact) mass is 438 g/mol. The summed E-state index contributed by atoms with van der Waals surface area (Å²) in [5, 5.41) is 9.98. The fourth-order valence-corrected chi connectivity index (χ4v) is 4.22. The van der Waals surface area contributed by atoms with Crippen LogP contribution in [0.15, 0.2) is 11.1 Å². The van der Waals surface area contributed by atoms with Crippen molar-refractivity contribution in [1.29, 1.82) is 0 Å². The quantitative estimate of drug-likeness (QED) is 0.175. The zero-order valence-corrected chi connectivity index (χ0v) is 20.7. The van der Waals surface area contributed by atoms with Crippen LogP contribution in [0.25, 0.3) is 0 Å². The van der Waals surface area contributed by atoms with Crippen molar-refractivity contribution < 1.29 is 24.2 Å². The summed E-state index contributed by atoms with van der Waals surface area (Å²) in [7, 11) is 0. The van der Waals surface area contributed by atoms with E-state index in [0.717, 1.165) is 50.5 Å². The predicted molar refractivity (Wildman–Crippen MR) is 125 cm³/mol. The van der Waals surface area contributed by atoms with Gasteiger partial charge in [0.15, 0.2) is 5.60 Å². The van der Waals surface area contributed by atoms with E-state index in [2.05, 4.69) is 20.8 Å². The molecule has 0 aromatic heterocycles. The number of carbonyl (C=O) groups is 2. The molecule has 0 aromatic carbocycles. The van der Waals surface area contributed by atoms with Crippen LogP contribution in [0.4, 0.5) is 0 Å². The van der Waals surface area contributed by atoms with Crippen LogP contribution in [-0.2, 0) is 19.1 Å². The normalized spacial score (nSPS) is 18.9. The molecule has 180 valence electrons. The van der Waals surface area contributed by atoms with E-state index in [1.54, 1.807) is 0 Å². The van der Waals surface area contributed by atoms with Crippen LogP contribution in [0.1, 0.15) is 118 Å². The number of rotatable bonds is 16. The first-order chi connectivity index (χ1) is 14.7. The molecule has 1 heterocycles. The van der Waals surface area contributed by atoms with Crippen molar-refractivity contribution in [2.24, 2.45) is 5.41 Å². The lowest BCUT2D eigenvalue weighted by Gasteiger charge is -2.28. The topological polar surface area (TPSA) is 72.8 Å². The summed E-state index contributed by atoms with van der Waals surface area (Å²) < 4.78 is 11.2. The highest BCUT2D eigenvalue weighted by Gasteiger charge is 2.46. The van der Waals surface area contributed by atoms with Gasteiger partial charge in [0.25, 0.3) is 0 Å². The molecule has 31 heavy (non-hydrogen) atoms. The summed E-state index contributed by atoms with van der Waals surface area (Å²) in [6.07, 6.45) is 13.1. The van der Waals surface area contributed by atoms with Crippen LogP contribution in [0.5, 0.6) is 0 Å². The van der Waals surface area contributed by atoms with Crippen molar-refractivity contribution in [3.8, 4) is 0 Å². The summed E-state index contributed by atoms with van der Waals surface area (Å²) in [6.45, 7) is 9.77. The first-order valence-corrected chi connectivity index (χ1v) is 12.5. The minimum absolute atomic E-state index is 0.0937. The molecule has 0 aromatic rings. The van der Waals surface area contributed by atoms with E-state index in [1.165, 1.54) is 32.1 Å². The third kappa shape index (κ3) is 8.96. The van der Waals surface area contributed by atoms with Crippen LogP contribution in [-0.4, -0.2) is 35.9 Å². The van der Waals surface area contributed by atoms with Gasteiger partial charge in [0.2, 0.25) is 0 Å². The number of aliphatic hydroxyl groups is 1. The van der Waals surface area contributed by atoms with E-state index >= 15 is 0 Å². The van der Waals surface area contributed by atoms with E-state index in [-0.39, 0.29) is 25.2 Å². The molecule has 1 N–H and O–H groups in total. The number of hydrogen-bond acceptors (Lipinski definition) is 5. The molecular weight excluding hydrogens is 392 g/mol. The van der Waals surface area contributed by atoms with Crippen molar-refractivity contribution in [2.75, 3.05) is 13.2 Å². The number of esters is 2. The van der Waals surface area contributed by atoms with Crippen LogP contribution < -0.4 is 0 Å². The number of ether oxygens (including phenoxy) is 2. The first kappa shape index (κ1) is 27.7. The Hall–Kier alpha value is -1.36. The average Bonchev–Trinajstić information content (AvgIpc) is 3.08.